The average Bonchev–Trinajstić information content (AvgIpc) is 3.03. The van der Waals surface area contributed by atoms with E-state index in [0.717, 1.165) is 50.7 Å². The van der Waals surface area contributed by atoms with Crippen LogP contribution >= 0.6 is 0 Å². The molecule has 4 fully saturated rings. The normalized spacial score (nSPS) is 48.6. The lowest BCUT2D eigenvalue weighted by atomic mass is 9.44. The summed E-state index contributed by atoms with van der Waals surface area (Å²) in [6.07, 6.45) is 11.2. The van der Waals surface area contributed by atoms with E-state index in [1.54, 1.807) is 12.3 Å². The second-order valence-electron chi connectivity index (χ2n) is 10.5. The highest BCUT2D eigenvalue weighted by Crippen LogP contribution is 2.65. The zero-order valence-corrected chi connectivity index (χ0v) is 18.2. The predicted molar refractivity (Wildman–Crippen MR) is 119 cm³/mol. The Morgan fingerprint density at radius 3 is 2.62 bits per heavy atom. The van der Waals surface area contributed by atoms with Gasteiger partial charge in [-0.25, -0.2) is 0 Å². The van der Waals surface area contributed by atoms with E-state index in [1.807, 2.05) is 0 Å². The van der Waals surface area contributed by atoms with Crippen molar-refractivity contribution in [1.82, 2.24) is 0 Å². The Morgan fingerprint density at radius 1 is 1.10 bits per heavy atom. The van der Waals surface area contributed by atoms with Gasteiger partial charge in [-0.1, -0.05) is 27.0 Å². The van der Waals surface area contributed by atoms with Crippen LogP contribution in [0.2, 0.25) is 0 Å². The van der Waals surface area contributed by atoms with Gasteiger partial charge in [0.1, 0.15) is 0 Å². The van der Waals surface area contributed by atoms with Crippen molar-refractivity contribution in [3.8, 4) is 0 Å². The standard InChI is InChI=1S/C25H38N2O2/c1-5-17(26-6-2)15-27-22-8-7-19-23-20(10-12-25(19,22)4)24(3)11-9-18(28)13-16(24)14-21(23)29/h5-6,16,18-21,23,28-29H,1-2,7-15H2,3-4H3/t16-,18+,19-,20-,21+,23-,24-,25-/m0/s1. The largest absolute Gasteiger partial charge is 0.393 e. The minimum atomic E-state index is -0.238. The number of aliphatic hydroxyl groups excluding tert-OH is 2. The molecule has 0 radical (unpaired) electrons. The topological polar surface area (TPSA) is 65.2 Å². The van der Waals surface area contributed by atoms with Crippen LogP contribution in [-0.4, -0.2) is 40.4 Å². The van der Waals surface area contributed by atoms with Crippen molar-refractivity contribution >= 4 is 11.4 Å². The highest BCUT2D eigenvalue weighted by molar-refractivity contribution is 5.99. The van der Waals surface area contributed by atoms with Gasteiger partial charge < -0.3 is 10.2 Å². The molecule has 0 amide bonds. The Bertz CT molecular complexity index is 728. The summed E-state index contributed by atoms with van der Waals surface area (Å²) in [4.78, 5) is 9.26. The number of aliphatic imine (C=N–C) groups is 2. The summed E-state index contributed by atoms with van der Waals surface area (Å²) in [5.41, 5.74) is 2.55. The second-order valence-corrected chi connectivity index (χ2v) is 10.5. The molecule has 4 nitrogen and oxygen atoms in total. The summed E-state index contributed by atoms with van der Waals surface area (Å²) >= 11 is 0. The maximum absolute atomic E-state index is 11.3. The zero-order chi connectivity index (χ0) is 20.8. The van der Waals surface area contributed by atoms with Crippen LogP contribution in [0.25, 0.3) is 0 Å². The maximum atomic E-state index is 11.3. The monoisotopic (exact) mass is 398 g/mol. The molecule has 0 spiro atoms. The van der Waals surface area contributed by atoms with Crippen molar-refractivity contribution in [2.75, 3.05) is 6.54 Å². The van der Waals surface area contributed by atoms with Crippen LogP contribution in [0.5, 0.6) is 0 Å². The summed E-state index contributed by atoms with van der Waals surface area (Å²) in [5, 5.41) is 21.5. The minimum Gasteiger partial charge on any atom is -0.393 e. The van der Waals surface area contributed by atoms with Gasteiger partial charge in [0.25, 0.3) is 0 Å². The molecule has 0 saturated heterocycles. The van der Waals surface area contributed by atoms with Crippen molar-refractivity contribution in [1.29, 1.82) is 0 Å². The number of rotatable bonds is 4. The Morgan fingerprint density at radius 2 is 1.90 bits per heavy atom. The predicted octanol–water partition coefficient (Wildman–Crippen LogP) is 4.57. The molecular formula is C25H38N2O2. The van der Waals surface area contributed by atoms with Gasteiger partial charge in [-0.2, -0.15) is 0 Å². The van der Waals surface area contributed by atoms with Crippen molar-refractivity contribution in [2.45, 2.75) is 77.4 Å². The number of hydrogen-bond donors (Lipinski definition) is 2. The summed E-state index contributed by atoms with van der Waals surface area (Å²) in [6, 6.07) is 0. The molecule has 160 valence electrons. The third-order valence-corrected chi connectivity index (χ3v) is 9.32. The second kappa shape index (κ2) is 7.77. The molecule has 8 atom stereocenters. The van der Waals surface area contributed by atoms with E-state index < -0.39 is 0 Å². The Labute approximate surface area is 175 Å². The molecule has 0 bridgehead atoms. The van der Waals surface area contributed by atoms with Crippen LogP contribution in [0, 0.1) is 34.5 Å². The average molecular weight is 399 g/mol. The fourth-order valence-corrected chi connectivity index (χ4v) is 7.70. The molecule has 4 rings (SSSR count). The van der Waals surface area contributed by atoms with E-state index >= 15 is 0 Å². The molecule has 4 saturated carbocycles. The lowest BCUT2D eigenvalue weighted by Crippen LogP contribution is -2.58. The maximum Gasteiger partial charge on any atom is 0.0811 e. The summed E-state index contributed by atoms with van der Waals surface area (Å²) in [5.74, 6) is 1.93. The summed E-state index contributed by atoms with van der Waals surface area (Å²) < 4.78 is 0. The van der Waals surface area contributed by atoms with Crippen LogP contribution in [0.4, 0.5) is 0 Å². The lowest BCUT2D eigenvalue weighted by Gasteiger charge is -2.61. The Balaban J connectivity index is 1.59. The van der Waals surface area contributed by atoms with Crippen LogP contribution in [0.1, 0.15) is 65.2 Å². The quantitative estimate of drug-likeness (QED) is 0.681. The first kappa shape index (κ1) is 21.0. The van der Waals surface area contributed by atoms with Gasteiger partial charge >= 0.3 is 0 Å². The molecule has 0 heterocycles. The van der Waals surface area contributed by atoms with Crippen LogP contribution in [0.15, 0.2) is 35.4 Å². The third-order valence-electron chi connectivity index (χ3n) is 9.32. The first-order valence-electron chi connectivity index (χ1n) is 11.5. The molecule has 0 aromatic carbocycles. The van der Waals surface area contributed by atoms with Gasteiger partial charge in [0.05, 0.1) is 24.5 Å². The SMILES string of the molecule is C=CN=C(C=C)CN=C1CC[C@H]2[C@@H]3[C@H](O)C[C@@H]4C[C@H](O)CC[C@]4(C)[C@H]3CC[C@]12C. The van der Waals surface area contributed by atoms with E-state index in [1.165, 1.54) is 12.1 Å². The van der Waals surface area contributed by atoms with Gasteiger partial charge in [-0.3, -0.25) is 9.98 Å². The highest BCUT2D eigenvalue weighted by Gasteiger charge is 2.61. The minimum absolute atomic E-state index is 0.0972. The smallest absolute Gasteiger partial charge is 0.0811 e. The molecule has 29 heavy (non-hydrogen) atoms. The Hall–Kier alpha value is -1.26. The van der Waals surface area contributed by atoms with Crippen molar-refractivity contribution in [3.63, 3.8) is 0 Å². The summed E-state index contributed by atoms with van der Waals surface area (Å²) in [7, 11) is 0. The molecule has 0 aromatic rings. The van der Waals surface area contributed by atoms with Crippen molar-refractivity contribution in [3.05, 3.63) is 25.4 Å². The third kappa shape index (κ3) is 3.37. The van der Waals surface area contributed by atoms with Gasteiger partial charge in [-0.05, 0) is 86.5 Å². The fourth-order valence-electron chi connectivity index (χ4n) is 7.70. The van der Waals surface area contributed by atoms with E-state index in [2.05, 4.69) is 32.0 Å². The lowest BCUT2D eigenvalue weighted by molar-refractivity contribution is -0.162. The van der Waals surface area contributed by atoms with Crippen LogP contribution < -0.4 is 0 Å². The molecule has 2 N–H and O–H groups in total. The molecule has 0 aromatic heterocycles. The number of aliphatic hydroxyl groups is 2. The van der Waals surface area contributed by atoms with E-state index in [9.17, 15) is 10.2 Å². The molecular weight excluding hydrogens is 360 g/mol. The van der Waals surface area contributed by atoms with Gasteiger partial charge in [0, 0.05) is 17.3 Å². The number of hydrogen-bond acceptors (Lipinski definition) is 4. The van der Waals surface area contributed by atoms with E-state index in [-0.39, 0.29) is 23.0 Å². The molecule has 4 heteroatoms. The van der Waals surface area contributed by atoms with Crippen molar-refractivity contribution in [2.24, 2.45) is 44.5 Å². The Kier molecular flexibility index (Phi) is 5.63. The van der Waals surface area contributed by atoms with Crippen LogP contribution in [0.3, 0.4) is 0 Å². The highest BCUT2D eigenvalue weighted by atomic mass is 16.3. The fraction of sp³-hybridized carbons (Fsp3) is 0.760. The van der Waals surface area contributed by atoms with Crippen molar-refractivity contribution < 1.29 is 10.2 Å². The molecule has 0 aliphatic heterocycles. The van der Waals surface area contributed by atoms with Gasteiger partial charge in [0.15, 0.2) is 0 Å². The summed E-state index contributed by atoms with van der Waals surface area (Å²) in [6.45, 7) is 12.9. The number of fused-ring (bicyclic) bond motifs is 5. The number of nitrogens with zero attached hydrogens (tertiary/aromatic N) is 2. The van der Waals surface area contributed by atoms with Crippen LogP contribution in [-0.2, 0) is 0 Å². The van der Waals surface area contributed by atoms with Gasteiger partial charge in [0.2, 0.25) is 0 Å². The first-order chi connectivity index (χ1) is 13.8. The first-order valence-corrected chi connectivity index (χ1v) is 11.5. The molecule has 4 aliphatic rings. The zero-order valence-electron chi connectivity index (χ0n) is 18.2. The molecule has 0 unspecified atom stereocenters. The van der Waals surface area contributed by atoms with E-state index in [0.29, 0.717) is 30.2 Å². The van der Waals surface area contributed by atoms with Gasteiger partial charge in [-0.15, -0.1) is 0 Å². The van der Waals surface area contributed by atoms with E-state index in [4.69, 9.17) is 4.99 Å². The molecule has 4 aliphatic carbocycles.